The molecule has 0 aliphatic rings. The van der Waals surface area contributed by atoms with Gasteiger partial charge in [-0.15, -0.1) is 0 Å². The molecule has 296 valence electrons. The van der Waals surface area contributed by atoms with Gasteiger partial charge in [0.15, 0.2) is 0 Å². The molecular formula is C60H35N3O. The van der Waals surface area contributed by atoms with Crippen molar-refractivity contribution in [3.05, 3.63) is 212 Å². The smallest absolute Gasteiger partial charge is 0.137 e. The van der Waals surface area contributed by atoms with E-state index in [-0.39, 0.29) is 0 Å². The summed E-state index contributed by atoms with van der Waals surface area (Å²) in [5.41, 5.74) is 17.4. The molecule has 15 rings (SSSR count). The van der Waals surface area contributed by atoms with Crippen LogP contribution in [-0.4, -0.2) is 13.5 Å². The average molecular weight is 814 g/mol. The third kappa shape index (κ3) is 4.56. The lowest BCUT2D eigenvalue weighted by Crippen LogP contribution is -1.94. The van der Waals surface area contributed by atoms with Crippen molar-refractivity contribution in [3.63, 3.8) is 0 Å². The summed E-state index contributed by atoms with van der Waals surface area (Å²) in [6.45, 7) is 0. The van der Waals surface area contributed by atoms with Gasteiger partial charge in [0.1, 0.15) is 11.2 Å². The molecule has 0 aliphatic carbocycles. The summed E-state index contributed by atoms with van der Waals surface area (Å²) in [6.07, 6.45) is 0. The van der Waals surface area contributed by atoms with E-state index in [2.05, 4.69) is 214 Å². The molecule has 0 spiro atoms. The minimum absolute atomic E-state index is 0.897. The van der Waals surface area contributed by atoms with E-state index in [1.54, 1.807) is 0 Å². The van der Waals surface area contributed by atoms with Crippen molar-refractivity contribution in [1.29, 1.82) is 0 Å². The number of para-hydroxylation sites is 5. The van der Waals surface area contributed by atoms with Gasteiger partial charge in [-0.25, -0.2) is 0 Å². The molecule has 0 N–H and O–H groups in total. The Morgan fingerprint density at radius 2 is 0.672 bits per heavy atom. The first-order chi connectivity index (χ1) is 31.7. The Morgan fingerprint density at radius 1 is 0.250 bits per heavy atom. The molecule has 5 heterocycles. The number of furan rings is 1. The van der Waals surface area contributed by atoms with E-state index in [0.717, 1.165) is 27.6 Å². The monoisotopic (exact) mass is 813 g/mol. The number of aromatic nitrogens is 3. The van der Waals surface area contributed by atoms with Crippen LogP contribution in [0, 0.1) is 0 Å². The van der Waals surface area contributed by atoms with Crippen LogP contribution in [0.1, 0.15) is 0 Å². The van der Waals surface area contributed by atoms with Crippen LogP contribution < -0.4 is 0 Å². The van der Waals surface area contributed by atoms with Crippen LogP contribution in [-0.2, 0) is 0 Å². The van der Waals surface area contributed by atoms with E-state index in [1.807, 2.05) is 12.1 Å². The summed E-state index contributed by atoms with van der Waals surface area (Å²) < 4.78 is 13.6. The molecule has 0 unspecified atom stereocenters. The van der Waals surface area contributed by atoms with Crippen LogP contribution in [0.15, 0.2) is 217 Å². The summed E-state index contributed by atoms with van der Waals surface area (Å²) in [6, 6.07) is 77.8. The molecule has 0 saturated carbocycles. The van der Waals surface area contributed by atoms with Crippen molar-refractivity contribution in [2.75, 3.05) is 0 Å². The molecule has 0 fully saturated rings. The van der Waals surface area contributed by atoms with Gasteiger partial charge in [-0.05, 0) is 101 Å². The van der Waals surface area contributed by atoms with Crippen molar-refractivity contribution < 1.29 is 4.42 Å². The van der Waals surface area contributed by atoms with Crippen LogP contribution >= 0.6 is 0 Å². The van der Waals surface area contributed by atoms with Gasteiger partial charge in [-0.3, -0.25) is 0 Å². The second-order valence-electron chi connectivity index (χ2n) is 17.3. The molecule has 0 atom stereocenters. The van der Waals surface area contributed by atoms with Gasteiger partial charge in [0.05, 0.1) is 38.6 Å². The zero-order valence-corrected chi connectivity index (χ0v) is 34.5. The molecule has 4 nitrogen and oxygen atoms in total. The van der Waals surface area contributed by atoms with Crippen LogP contribution in [0.25, 0.3) is 137 Å². The maximum atomic E-state index is 6.32. The minimum atomic E-state index is 0.897. The van der Waals surface area contributed by atoms with E-state index < -0.39 is 0 Å². The minimum Gasteiger partial charge on any atom is -0.456 e. The third-order valence-corrected chi connectivity index (χ3v) is 14.0. The number of nitrogens with zero attached hydrogens (tertiary/aromatic N) is 3. The molecule has 5 aromatic heterocycles. The Hall–Kier alpha value is -8.60. The standard InChI is InChI=1S/C60H35N3O/c1-6-16-52-42(11-1)48-31-38(25-29-56(48)61(52)40-27-28-47-46-15-5-10-20-58(46)64-59(47)35-40)36-21-23-37(24-22-36)39-26-30-57-49(32-39)43-12-2-7-17-53(43)62(57)41-33-50-44-13-3-8-18-54(44)63-55-19-9-4-14-45(55)51(34-41)60(50)63/h1-35H. The number of hydrogen-bond acceptors (Lipinski definition) is 1. The quantitative estimate of drug-likeness (QED) is 0.174. The fourth-order valence-corrected chi connectivity index (χ4v) is 11.1. The van der Waals surface area contributed by atoms with E-state index in [4.69, 9.17) is 4.42 Å². The maximum absolute atomic E-state index is 6.32. The van der Waals surface area contributed by atoms with Crippen LogP contribution in [0.5, 0.6) is 0 Å². The molecule has 0 amide bonds. The lowest BCUT2D eigenvalue weighted by molar-refractivity contribution is 0.668. The molecule has 10 aromatic carbocycles. The second-order valence-corrected chi connectivity index (χ2v) is 17.3. The van der Waals surface area contributed by atoms with Crippen LogP contribution in [0.2, 0.25) is 0 Å². The van der Waals surface area contributed by atoms with Crippen molar-refractivity contribution in [1.82, 2.24) is 13.5 Å². The molecule has 0 saturated heterocycles. The predicted octanol–water partition coefficient (Wildman–Crippen LogP) is 16.3. The number of hydrogen-bond donors (Lipinski definition) is 0. The van der Waals surface area contributed by atoms with Crippen molar-refractivity contribution in [2.45, 2.75) is 0 Å². The molecule has 0 aliphatic heterocycles. The maximum Gasteiger partial charge on any atom is 0.137 e. The van der Waals surface area contributed by atoms with Crippen LogP contribution in [0.3, 0.4) is 0 Å². The van der Waals surface area contributed by atoms with Gasteiger partial charge in [0, 0.05) is 71.3 Å². The number of fused-ring (bicyclic) bond motifs is 15. The topological polar surface area (TPSA) is 27.4 Å². The van der Waals surface area contributed by atoms with E-state index in [0.29, 0.717) is 0 Å². The van der Waals surface area contributed by atoms with Gasteiger partial charge in [0.2, 0.25) is 0 Å². The second kappa shape index (κ2) is 12.5. The van der Waals surface area contributed by atoms with E-state index >= 15 is 0 Å². The van der Waals surface area contributed by atoms with Gasteiger partial charge in [-0.2, -0.15) is 0 Å². The highest BCUT2D eigenvalue weighted by Crippen LogP contribution is 2.43. The van der Waals surface area contributed by atoms with Gasteiger partial charge in [0.25, 0.3) is 0 Å². The molecule has 15 aromatic rings. The first-order valence-electron chi connectivity index (χ1n) is 22.0. The van der Waals surface area contributed by atoms with E-state index in [1.165, 1.54) is 110 Å². The Morgan fingerprint density at radius 3 is 1.23 bits per heavy atom. The summed E-state index contributed by atoms with van der Waals surface area (Å²) >= 11 is 0. The molecule has 0 bridgehead atoms. The van der Waals surface area contributed by atoms with Gasteiger partial charge in [-0.1, -0.05) is 127 Å². The third-order valence-electron chi connectivity index (χ3n) is 14.0. The summed E-state index contributed by atoms with van der Waals surface area (Å²) in [5, 5.41) is 12.4. The molecule has 4 heteroatoms. The van der Waals surface area contributed by atoms with Gasteiger partial charge < -0.3 is 18.0 Å². The largest absolute Gasteiger partial charge is 0.456 e. The fourth-order valence-electron chi connectivity index (χ4n) is 11.1. The molecular weight excluding hydrogens is 779 g/mol. The normalized spacial score (nSPS) is 12.4. The molecule has 64 heavy (non-hydrogen) atoms. The molecule has 0 radical (unpaired) electrons. The summed E-state index contributed by atoms with van der Waals surface area (Å²) in [5.74, 6) is 0. The summed E-state index contributed by atoms with van der Waals surface area (Å²) in [4.78, 5) is 0. The zero-order valence-electron chi connectivity index (χ0n) is 34.5. The Balaban J connectivity index is 0.830. The highest BCUT2D eigenvalue weighted by atomic mass is 16.3. The SMILES string of the molecule is c1ccc2c(c1)oc1cc(-n3c4ccccc4c4cc(-c5ccc(-c6ccc7c(c6)c6ccccc6n7-c6cc7c8ccccc8n8c9ccccc9c(c6)c78)cc5)ccc43)ccc12. The average Bonchev–Trinajstić information content (AvgIpc) is 4.15. The Kier molecular flexibility index (Phi) is 6.65. The summed E-state index contributed by atoms with van der Waals surface area (Å²) in [7, 11) is 0. The number of rotatable bonds is 4. The Labute approximate surface area is 366 Å². The van der Waals surface area contributed by atoms with Crippen LogP contribution in [0.4, 0.5) is 0 Å². The lowest BCUT2D eigenvalue weighted by atomic mass is 9.98. The fraction of sp³-hybridized carbons (Fsp3) is 0. The van der Waals surface area contributed by atoms with Crippen molar-refractivity contribution in [3.8, 4) is 33.6 Å². The zero-order chi connectivity index (χ0) is 41.6. The Bertz CT molecular complexity index is 4340. The lowest BCUT2D eigenvalue weighted by Gasteiger charge is -2.10. The first kappa shape index (κ1) is 34.0. The number of benzene rings is 10. The highest BCUT2D eigenvalue weighted by molar-refractivity contribution is 6.24. The predicted molar refractivity (Wildman–Crippen MR) is 268 cm³/mol. The van der Waals surface area contributed by atoms with Crippen molar-refractivity contribution in [2.24, 2.45) is 0 Å². The van der Waals surface area contributed by atoms with E-state index in [9.17, 15) is 0 Å². The highest BCUT2D eigenvalue weighted by Gasteiger charge is 2.21. The first-order valence-corrected chi connectivity index (χ1v) is 22.0. The van der Waals surface area contributed by atoms with Gasteiger partial charge >= 0.3 is 0 Å². The van der Waals surface area contributed by atoms with Crippen molar-refractivity contribution >= 4 is 104 Å².